The highest BCUT2D eigenvalue weighted by Gasteiger charge is 2.25. The Morgan fingerprint density at radius 3 is 2.87 bits per heavy atom. The lowest BCUT2D eigenvalue weighted by atomic mass is 10.2. The lowest BCUT2D eigenvalue weighted by Crippen LogP contribution is -2.41. The molecule has 1 saturated heterocycles. The molecule has 0 aromatic carbocycles. The van der Waals surface area contributed by atoms with Crippen LogP contribution in [-0.4, -0.2) is 42.5 Å². The molecule has 1 aliphatic heterocycles. The largest absolute Gasteiger partial charge is 0.467 e. The summed E-state index contributed by atoms with van der Waals surface area (Å²) in [6.45, 7) is 3.34. The van der Waals surface area contributed by atoms with E-state index in [1.165, 1.54) is 17.7 Å². The van der Waals surface area contributed by atoms with E-state index in [4.69, 9.17) is 4.42 Å². The van der Waals surface area contributed by atoms with E-state index in [0.29, 0.717) is 13.1 Å². The number of nitrogens with zero attached hydrogens (tertiary/aromatic N) is 2. The molecule has 6 heteroatoms. The fourth-order valence-electron chi connectivity index (χ4n) is 2.97. The molecule has 0 radical (unpaired) electrons. The summed E-state index contributed by atoms with van der Waals surface area (Å²) in [5.41, 5.74) is 0. The third kappa shape index (κ3) is 4.14. The van der Waals surface area contributed by atoms with Crippen LogP contribution in [0.5, 0.6) is 0 Å². The first kappa shape index (κ1) is 16.1. The highest BCUT2D eigenvalue weighted by atomic mass is 32.1. The van der Waals surface area contributed by atoms with Gasteiger partial charge in [0.2, 0.25) is 0 Å². The zero-order valence-corrected chi connectivity index (χ0v) is 14.2. The van der Waals surface area contributed by atoms with Crippen molar-refractivity contribution >= 4 is 17.4 Å². The van der Waals surface area contributed by atoms with Crippen LogP contribution in [0.2, 0.25) is 0 Å². The number of urea groups is 1. The minimum Gasteiger partial charge on any atom is -0.467 e. The van der Waals surface area contributed by atoms with Crippen LogP contribution in [0.4, 0.5) is 4.79 Å². The Kier molecular flexibility index (Phi) is 5.35. The maximum absolute atomic E-state index is 12.3. The van der Waals surface area contributed by atoms with Gasteiger partial charge in [0.1, 0.15) is 5.76 Å². The number of nitrogens with one attached hydrogen (secondary N) is 1. The summed E-state index contributed by atoms with van der Waals surface area (Å²) in [5.74, 6) is 0.789. The summed E-state index contributed by atoms with van der Waals surface area (Å²) in [5, 5.41) is 5.17. The Morgan fingerprint density at radius 1 is 1.39 bits per heavy atom. The van der Waals surface area contributed by atoms with Gasteiger partial charge in [0.25, 0.3) is 0 Å². The minimum absolute atomic E-state index is 0.0675. The predicted octanol–water partition coefficient (Wildman–Crippen LogP) is 3.32. The van der Waals surface area contributed by atoms with Crippen molar-refractivity contribution in [2.75, 3.05) is 26.7 Å². The Labute approximate surface area is 140 Å². The SMILES string of the molecule is CN(Cc1ccco1)C(=O)NC[C@@H](c1cccs1)N1CCCC1. The van der Waals surface area contributed by atoms with Gasteiger partial charge in [-0.05, 0) is 49.5 Å². The van der Waals surface area contributed by atoms with Gasteiger partial charge in [0.05, 0.1) is 18.8 Å². The molecule has 3 rings (SSSR count). The zero-order valence-electron chi connectivity index (χ0n) is 13.4. The van der Waals surface area contributed by atoms with E-state index in [0.717, 1.165) is 18.8 Å². The topological polar surface area (TPSA) is 48.7 Å². The monoisotopic (exact) mass is 333 g/mol. The van der Waals surface area contributed by atoms with Gasteiger partial charge >= 0.3 is 6.03 Å². The van der Waals surface area contributed by atoms with E-state index in [1.807, 2.05) is 12.1 Å². The van der Waals surface area contributed by atoms with Crippen molar-refractivity contribution in [3.63, 3.8) is 0 Å². The molecule has 0 saturated carbocycles. The maximum atomic E-state index is 12.3. The van der Waals surface area contributed by atoms with Crippen molar-refractivity contribution in [1.82, 2.24) is 15.1 Å². The molecule has 1 fully saturated rings. The number of thiophene rings is 1. The number of amides is 2. The number of carbonyl (C=O) groups is 1. The highest BCUT2D eigenvalue weighted by molar-refractivity contribution is 7.10. The molecule has 3 heterocycles. The molecule has 1 N–H and O–H groups in total. The Balaban J connectivity index is 1.56. The average Bonchev–Trinajstić information content (AvgIpc) is 3.31. The molecule has 0 spiro atoms. The van der Waals surface area contributed by atoms with Gasteiger partial charge in [0.15, 0.2) is 0 Å². The van der Waals surface area contributed by atoms with Crippen LogP contribution in [-0.2, 0) is 6.54 Å². The fraction of sp³-hybridized carbons (Fsp3) is 0.471. The Hall–Kier alpha value is -1.79. The van der Waals surface area contributed by atoms with Crippen LogP contribution in [0, 0.1) is 0 Å². The second kappa shape index (κ2) is 7.66. The van der Waals surface area contributed by atoms with E-state index in [1.54, 1.807) is 29.5 Å². The number of furan rings is 1. The summed E-state index contributed by atoms with van der Waals surface area (Å²) >= 11 is 1.76. The van der Waals surface area contributed by atoms with Gasteiger partial charge in [0, 0.05) is 18.5 Å². The van der Waals surface area contributed by atoms with Crippen molar-refractivity contribution < 1.29 is 9.21 Å². The van der Waals surface area contributed by atoms with Gasteiger partial charge in [-0.1, -0.05) is 6.07 Å². The normalized spacial score (nSPS) is 16.4. The second-order valence-electron chi connectivity index (χ2n) is 5.90. The molecular formula is C17H23N3O2S. The van der Waals surface area contributed by atoms with E-state index in [9.17, 15) is 4.79 Å². The van der Waals surface area contributed by atoms with Crippen LogP contribution >= 0.6 is 11.3 Å². The molecule has 5 nitrogen and oxygen atoms in total. The van der Waals surface area contributed by atoms with E-state index >= 15 is 0 Å². The summed E-state index contributed by atoms with van der Waals surface area (Å²) in [4.78, 5) is 17.8. The smallest absolute Gasteiger partial charge is 0.317 e. The summed E-state index contributed by atoms with van der Waals surface area (Å²) < 4.78 is 5.29. The highest BCUT2D eigenvalue weighted by Crippen LogP contribution is 2.27. The Bertz CT molecular complexity index is 591. The van der Waals surface area contributed by atoms with Crippen LogP contribution in [0.15, 0.2) is 40.3 Å². The summed E-state index contributed by atoms with van der Waals surface area (Å²) in [6.07, 6.45) is 4.11. The summed E-state index contributed by atoms with van der Waals surface area (Å²) in [7, 11) is 1.79. The van der Waals surface area contributed by atoms with Crippen LogP contribution in [0.3, 0.4) is 0 Å². The number of rotatable bonds is 6. The molecule has 1 aliphatic rings. The first-order valence-electron chi connectivity index (χ1n) is 8.03. The van der Waals surface area contributed by atoms with Gasteiger partial charge < -0.3 is 14.6 Å². The molecule has 0 unspecified atom stereocenters. The van der Waals surface area contributed by atoms with Gasteiger partial charge in [-0.3, -0.25) is 4.90 Å². The predicted molar refractivity (Wildman–Crippen MR) is 91.4 cm³/mol. The van der Waals surface area contributed by atoms with E-state index < -0.39 is 0 Å². The fourth-order valence-corrected chi connectivity index (χ4v) is 3.83. The van der Waals surface area contributed by atoms with Crippen molar-refractivity contribution in [3.8, 4) is 0 Å². The number of carbonyl (C=O) groups excluding carboxylic acids is 1. The van der Waals surface area contributed by atoms with Crippen molar-refractivity contribution in [2.45, 2.75) is 25.4 Å². The first-order valence-corrected chi connectivity index (χ1v) is 8.91. The third-order valence-corrected chi connectivity index (χ3v) is 5.19. The first-order chi connectivity index (χ1) is 11.2. The van der Waals surface area contributed by atoms with Crippen molar-refractivity contribution in [3.05, 3.63) is 46.5 Å². The van der Waals surface area contributed by atoms with Crippen molar-refractivity contribution in [1.29, 1.82) is 0 Å². The summed E-state index contributed by atoms with van der Waals surface area (Å²) in [6, 6.07) is 8.16. The molecule has 0 aliphatic carbocycles. The molecule has 23 heavy (non-hydrogen) atoms. The second-order valence-corrected chi connectivity index (χ2v) is 6.88. The molecule has 2 aromatic heterocycles. The van der Waals surface area contributed by atoms with Gasteiger partial charge in [-0.15, -0.1) is 11.3 Å². The van der Waals surface area contributed by atoms with E-state index in [2.05, 4.69) is 27.7 Å². The Morgan fingerprint density at radius 2 is 2.22 bits per heavy atom. The zero-order chi connectivity index (χ0) is 16.1. The van der Waals surface area contributed by atoms with Crippen molar-refractivity contribution in [2.24, 2.45) is 0 Å². The third-order valence-electron chi connectivity index (χ3n) is 4.22. The molecule has 2 amide bonds. The maximum Gasteiger partial charge on any atom is 0.317 e. The van der Waals surface area contributed by atoms with Crippen LogP contribution in [0.1, 0.15) is 29.5 Å². The lowest BCUT2D eigenvalue weighted by molar-refractivity contribution is 0.193. The molecular weight excluding hydrogens is 310 g/mol. The molecule has 0 bridgehead atoms. The minimum atomic E-state index is -0.0675. The van der Waals surface area contributed by atoms with Crippen LogP contribution in [0.25, 0.3) is 0 Å². The standard InChI is InChI=1S/C17H23N3O2S/c1-19(13-14-6-4-10-22-14)17(21)18-12-15(16-7-5-11-23-16)20-8-2-3-9-20/h4-7,10-11,15H,2-3,8-9,12-13H2,1H3,(H,18,21)/t15-/m0/s1. The lowest BCUT2D eigenvalue weighted by Gasteiger charge is -2.28. The van der Waals surface area contributed by atoms with Gasteiger partial charge in [-0.2, -0.15) is 0 Å². The number of hydrogen-bond donors (Lipinski definition) is 1. The van der Waals surface area contributed by atoms with Crippen LogP contribution < -0.4 is 5.32 Å². The molecule has 2 aromatic rings. The molecule has 124 valence electrons. The van der Waals surface area contributed by atoms with Gasteiger partial charge in [-0.25, -0.2) is 4.79 Å². The number of likely N-dealkylation sites (tertiary alicyclic amines) is 1. The average molecular weight is 333 g/mol. The number of hydrogen-bond acceptors (Lipinski definition) is 4. The molecule has 1 atom stereocenters. The van der Waals surface area contributed by atoms with E-state index in [-0.39, 0.29) is 12.1 Å². The quantitative estimate of drug-likeness (QED) is 0.882.